The van der Waals surface area contributed by atoms with Crippen LogP contribution >= 0.6 is 0 Å². The minimum Gasteiger partial charge on any atom is -0.451 e. The average molecular weight is 384 g/mol. The van der Waals surface area contributed by atoms with E-state index in [1.165, 1.54) is 6.07 Å². The SMILES string of the molecule is C=C(C)c1ccc(C(=O)OC(C)C(F)(F)S(=O)(=O)OC)c2ccccc12. The predicted molar refractivity (Wildman–Crippen MR) is 94.4 cm³/mol. The van der Waals surface area contributed by atoms with Crippen LogP contribution < -0.4 is 0 Å². The van der Waals surface area contributed by atoms with E-state index in [1.807, 2.05) is 0 Å². The maximum absolute atomic E-state index is 14.0. The Kier molecular flexibility index (Phi) is 5.48. The Morgan fingerprint density at radius 3 is 2.12 bits per heavy atom. The normalized spacial score (nSPS) is 13.4. The van der Waals surface area contributed by atoms with Gasteiger partial charge in [0.1, 0.15) is 0 Å². The number of ether oxygens (including phenoxy) is 1. The highest BCUT2D eigenvalue weighted by atomic mass is 32.2. The topological polar surface area (TPSA) is 69.7 Å². The number of halogens is 2. The van der Waals surface area contributed by atoms with E-state index in [-0.39, 0.29) is 5.56 Å². The molecule has 0 radical (unpaired) electrons. The molecule has 8 heteroatoms. The van der Waals surface area contributed by atoms with Gasteiger partial charge in [-0.2, -0.15) is 17.2 Å². The number of hydrogen-bond acceptors (Lipinski definition) is 5. The molecule has 26 heavy (non-hydrogen) atoms. The molecule has 5 nitrogen and oxygen atoms in total. The van der Waals surface area contributed by atoms with Crippen LogP contribution in [0.25, 0.3) is 16.3 Å². The predicted octanol–water partition coefficient (Wildman–Crippen LogP) is 3.99. The van der Waals surface area contributed by atoms with E-state index in [9.17, 15) is 22.0 Å². The third-order valence-electron chi connectivity index (χ3n) is 3.91. The monoisotopic (exact) mass is 384 g/mol. The zero-order valence-corrected chi connectivity index (χ0v) is 15.3. The average Bonchev–Trinajstić information content (AvgIpc) is 2.60. The van der Waals surface area contributed by atoms with Crippen molar-refractivity contribution in [1.29, 1.82) is 0 Å². The summed E-state index contributed by atoms with van der Waals surface area (Å²) in [6.45, 7) is 6.47. The number of carbonyl (C=O) groups excluding carboxylic acids is 1. The third-order valence-corrected chi connectivity index (χ3v) is 5.35. The van der Waals surface area contributed by atoms with Crippen LogP contribution in [0.4, 0.5) is 8.78 Å². The van der Waals surface area contributed by atoms with Gasteiger partial charge >= 0.3 is 21.3 Å². The van der Waals surface area contributed by atoms with Crippen molar-refractivity contribution in [3.63, 3.8) is 0 Å². The largest absolute Gasteiger partial charge is 0.451 e. The molecule has 0 amide bonds. The molecule has 140 valence electrons. The summed E-state index contributed by atoms with van der Waals surface area (Å²) in [4.78, 5) is 12.4. The fourth-order valence-electron chi connectivity index (χ4n) is 2.46. The van der Waals surface area contributed by atoms with Gasteiger partial charge in [-0.3, -0.25) is 4.18 Å². The number of esters is 1. The van der Waals surface area contributed by atoms with Gasteiger partial charge in [0, 0.05) is 0 Å². The molecule has 2 aromatic rings. The van der Waals surface area contributed by atoms with Gasteiger partial charge in [0.05, 0.1) is 12.7 Å². The first-order valence-electron chi connectivity index (χ1n) is 7.59. The Balaban J connectivity index is 2.43. The first kappa shape index (κ1) is 20.0. The van der Waals surface area contributed by atoms with Crippen LogP contribution in [-0.4, -0.2) is 32.9 Å². The van der Waals surface area contributed by atoms with Crippen molar-refractivity contribution in [2.45, 2.75) is 25.2 Å². The smallest absolute Gasteiger partial charge is 0.405 e. The van der Waals surface area contributed by atoms with E-state index in [2.05, 4.69) is 10.8 Å². The number of carbonyl (C=O) groups is 1. The molecule has 0 spiro atoms. The van der Waals surface area contributed by atoms with Crippen LogP contribution in [0.15, 0.2) is 43.0 Å². The van der Waals surface area contributed by atoms with Gasteiger partial charge in [-0.1, -0.05) is 42.5 Å². The molecule has 2 aromatic carbocycles. The molecular formula is C18H18F2O5S. The van der Waals surface area contributed by atoms with Crippen molar-refractivity contribution in [3.05, 3.63) is 54.1 Å². The molecule has 0 aliphatic heterocycles. The second-order valence-corrected chi connectivity index (χ2v) is 7.50. The van der Waals surface area contributed by atoms with Crippen molar-refractivity contribution in [3.8, 4) is 0 Å². The number of alkyl halides is 2. The summed E-state index contributed by atoms with van der Waals surface area (Å²) in [6, 6.07) is 9.94. The summed E-state index contributed by atoms with van der Waals surface area (Å²) in [6.07, 6.45) is -2.24. The van der Waals surface area contributed by atoms with Gasteiger partial charge < -0.3 is 4.74 Å². The van der Waals surface area contributed by atoms with Gasteiger partial charge in [0.15, 0.2) is 6.10 Å². The summed E-state index contributed by atoms with van der Waals surface area (Å²) in [7, 11) is -4.59. The van der Waals surface area contributed by atoms with Crippen LogP contribution in [0.1, 0.15) is 29.8 Å². The van der Waals surface area contributed by atoms with Crippen LogP contribution in [-0.2, 0) is 19.0 Å². The van der Waals surface area contributed by atoms with E-state index in [4.69, 9.17) is 4.74 Å². The standard InChI is InChI=1S/C18H18F2O5S/c1-11(2)13-9-10-16(15-8-6-5-7-14(13)15)17(21)25-12(3)18(19,20)26(22,23)24-4/h5-10,12H,1H2,2-4H3. The third kappa shape index (κ3) is 3.47. The molecule has 0 aliphatic rings. The lowest BCUT2D eigenvalue weighted by atomic mass is 9.96. The highest BCUT2D eigenvalue weighted by Gasteiger charge is 2.53. The molecule has 0 saturated heterocycles. The summed E-state index contributed by atoms with van der Waals surface area (Å²) in [5, 5.41) is -3.19. The van der Waals surface area contributed by atoms with Crippen LogP contribution in [0.2, 0.25) is 0 Å². The molecule has 0 aromatic heterocycles. The molecular weight excluding hydrogens is 366 g/mol. The second kappa shape index (κ2) is 7.13. The van der Waals surface area contributed by atoms with Gasteiger partial charge in [-0.25, -0.2) is 4.79 Å². The molecule has 0 N–H and O–H groups in total. The lowest BCUT2D eigenvalue weighted by molar-refractivity contribution is -0.0558. The summed E-state index contributed by atoms with van der Waals surface area (Å²) in [5.41, 5.74) is 1.62. The Labute approximate surface area is 150 Å². The van der Waals surface area contributed by atoms with Gasteiger partial charge in [0.2, 0.25) is 0 Å². The fourth-order valence-corrected chi connectivity index (χ4v) is 3.13. The maximum atomic E-state index is 14.0. The molecule has 2 rings (SSSR count). The highest BCUT2D eigenvalue weighted by molar-refractivity contribution is 7.87. The van der Waals surface area contributed by atoms with Gasteiger partial charge in [-0.05, 0) is 36.2 Å². The number of rotatable bonds is 6. The first-order chi connectivity index (χ1) is 12.0. The Bertz CT molecular complexity index is 967. The van der Waals surface area contributed by atoms with Crippen molar-refractivity contribution in [1.82, 2.24) is 0 Å². The van der Waals surface area contributed by atoms with E-state index in [0.29, 0.717) is 17.9 Å². The Hall–Kier alpha value is -2.32. The lowest BCUT2D eigenvalue weighted by Gasteiger charge is -2.22. The van der Waals surface area contributed by atoms with Crippen molar-refractivity contribution in [2.75, 3.05) is 7.11 Å². The number of allylic oxidation sites excluding steroid dienone is 1. The molecule has 0 fully saturated rings. The maximum Gasteiger partial charge on any atom is 0.405 e. The zero-order valence-electron chi connectivity index (χ0n) is 14.5. The zero-order chi connectivity index (χ0) is 19.7. The van der Waals surface area contributed by atoms with Crippen LogP contribution in [0.5, 0.6) is 0 Å². The quantitative estimate of drug-likeness (QED) is 0.556. The van der Waals surface area contributed by atoms with Crippen LogP contribution in [0, 0.1) is 0 Å². The molecule has 0 bridgehead atoms. The molecule has 0 aliphatic carbocycles. The van der Waals surface area contributed by atoms with E-state index >= 15 is 0 Å². The number of hydrogen-bond donors (Lipinski definition) is 0. The van der Waals surface area contributed by atoms with E-state index in [0.717, 1.165) is 18.1 Å². The summed E-state index contributed by atoms with van der Waals surface area (Å²) in [5.74, 6) is -1.06. The van der Waals surface area contributed by atoms with Crippen molar-refractivity contribution in [2.24, 2.45) is 0 Å². The molecule has 0 saturated carbocycles. The highest BCUT2D eigenvalue weighted by Crippen LogP contribution is 2.31. The lowest BCUT2D eigenvalue weighted by Crippen LogP contribution is -2.42. The molecule has 1 unspecified atom stereocenters. The number of fused-ring (bicyclic) bond motifs is 1. The van der Waals surface area contributed by atoms with Crippen molar-refractivity contribution >= 4 is 32.4 Å². The summed E-state index contributed by atoms with van der Waals surface area (Å²) >= 11 is 0. The second-order valence-electron chi connectivity index (χ2n) is 5.72. The number of benzene rings is 2. The Morgan fingerprint density at radius 2 is 1.62 bits per heavy atom. The minimum absolute atomic E-state index is 0.0445. The van der Waals surface area contributed by atoms with E-state index in [1.54, 1.807) is 37.3 Å². The van der Waals surface area contributed by atoms with Gasteiger partial charge in [-0.15, -0.1) is 0 Å². The first-order valence-corrected chi connectivity index (χ1v) is 9.00. The van der Waals surface area contributed by atoms with Crippen LogP contribution in [0.3, 0.4) is 0 Å². The van der Waals surface area contributed by atoms with Crippen molar-refractivity contribution < 1.29 is 30.9 Å². The minimum atomic E-state index is -5.21. The van der Waals surface area contributed by atoms with Gasteiger partial charge in [0.25, 0.3) is 0 Å². The Morgan fingerprint density at radius 1 is 1.12 bits per heavy atom. The fraction of sp³-hybridized carbons (Fsp3) is 0.278. The molecule has 1 atom stereocenters. The summed E-state index contributed by atoms with van der Waals surface area (Å²) < 4.78 is 59.2. The molecule has 0 heterocycles. The van der Waals surface area contributed by atoms with E-state index < -0.39 is 27.4 Å².